The predicted molar refractivity (Wildman–Crippen MR) is 177 cm³/mol. The van der Waals surface area contributed by atoms with Crippen LogP contribution in [0.1, 0.15) is 22.2 Å². The number of hydrogen-bond donors (Lipinski definition) is 5. The number of nitrogen functional groups attached to an aromatic ring is 1. The van der Waals surface area contributed by atoms with E-state index in [0.29, 0.717) is 5.84 Å². The summed E-state index contributed by atoms with van der Waals surface area (Å²) in [6.45, 7) is 2.14. The minimum Gasteiger partial charge on any atom is -0.383 e. The summed E-state index contributed by atoms with van der Waals surface area (Å²) in [6.07, 6.45) is 5.11. The number of thioether (sulfide) groups is 2. The molecule has 0 aliphatic rings. The van der Waals surface area contributed by atoms with Crippen molar-refractivity contribution in [3.63, 3.8) is 0 Å². The van der Waals surface area contributed by atoms with E-state index in [0.717, 1.165) is 43.1 Å². The van der Waals surface area contributed by atoms with Crippen LogP contribution in [0.2, 0.25) is 0 Å². The van der Waals surface area contributed by atoms with Gasteiger partial charge in [-0.25, -0.2) is 0 Å². The van der Waals surface area contributed by atoms with Gasteiger partial charge in [0, 0.05) is 25.5 Å². The molecule has 206 valence electrons. The number of nitrogens with two attached hydrogens (primary N) is 2. The predicted octanol–water partition coefficient (Wildman–Crippen LogP) is 7.33. The molecule has 7 N–H and O–H groups in total. The number of nitrogens with zero attached hydrogens (tertiary/aromatic N) is 2. The first-order chi connectivity index (χ1) is 18.7. The molecular formula is C28H35N7S4. The summed E-state index contributed by atoms with van der Waals surface area (Å²) in [5, 5.41) is 15.2. The summed E-state index contributed by atoms with van der Waals surface area (Å²) in [6, 6.07) is 22.4. The quantitative estimate of drug-likeness (QED) is 0.0563. The van der Waals surface area contributed by atoms with Crippen molar-refractivity contribution in [2.75, 3.05) is 42.2 Å². The summed E-state index contributed by atoms with van der Waals surface area (Å²) < 4.78 is 2.38. The lowest BCUT2D eigenvalue weighted by molar-refractivity contribution is 1.13. The molecule has 0 spiro atoms. The van der Waals surface area contributed by atoms with Crippen LogP contribution in [0.15, 0.2) is 80.2 Å². The number of thiophene rings is 2. The molecule has 2 heterocycles. The lowest BCUT2D eigenvalue weighted by Gasteiger charge is -2.12. The van der Waals surface area contributed by atoms with E-state index in [4.69, 9.17) is 16.9 Å². The average Bonchev–Trinajstić information content (AvgIpc) is 3.60. The number of hydrogen-bond acceptors (Lipinski definition) is 9. The van der Waals surface area contributed by atoms with Gasteiger partial charge in [-0.3, -0.25) is 10.8 Å². The molecule has 0 saturated heterocycles. The van der Waals surface area contributed by atoms with Gasteiger partial charge in [0.1, 0.15) is 5.84 Å². The van der Waals surface area contributed by atoms with Gasteiger partial charge in [-0.15, -0.1) is 46.2 Å². The Hall–Kier alpha value is -3.12. The fraction of sp³-hybridized carbons (Fsp3) is 0.214. The van der Waals surface area contributed by atoms with Gasteiger partial charge in [-0.1, -0.05) is 19.1 Å². The SMILES string of the molecule is CCc1ccc(Nc2cc(SC)sc2C(=N)N)cc1.CSc1ccc(C(N)=NNc2ccc(N(C)C)cc2)s1. The Morgan fingerprint density at radius 3 is 2.08 bits per heavy atom. The summed E-state index contributed by atoms with van der Waals surface area (Å²) in [7, 11) is 4.03. The Kier molecular flexibility index (Phi) is 11.6. The van der Waals surface area contributed by atoms with Gasteiger partial charge in [0.05, 0.1) is 29.5 Å². The summed E-state index contributed by atoms with van der Waals surface area (Å²) in [5.74, 6) is 0.616. The lowest BCUT2D eigenvalue weighted by atomic mass is 10.1. The van der Waals surface area contributed by atoms with E-state index in [9.17, 15) is 0 Å². The largest absolute Gasteiger partial charge is 0.383 e. The van der Waals surface area contributed by atoms with Gasteiger partial charge in [-0.05, 0) is 79.1 Å². The number of aryl methyl sites for hydroxylation is 1. The fourth-order valence-electron chi connectivity index (χ4n) is 3.32. The first-order valence-corrected chi connectivity index (χ1v) is 16.2. The molecule has 39 heavy (non-hydrogen) atoms. The van der Waals surface area contributed by atoms with Crippen molar-refractivity contribution in [1.82, 2.24) is 0 Å². The Balaban J connectivity index is 0.000000216. The molecular weight excluding hydrogens is 563 g/mol. The van der Waals surface area contributed by atoms with Crippen molar-refractivity contribution < 1.29 is 0 Å². The van der Waals surface area contributed by atoms with E-state index in [1.807, 2.05) is 63.0 Å². The van der Waals surface area contributed by atoms with Crippen LogP contribution in [0.4, 0.5) is 22.7 Å². The average molecular weight is 598 g/mol. The zero-order valence-corrected chi connectivity index (χ0v) is 26.0. The number of anilines is 4. The molecule has 4 rings (SSSR count). The Morgan fingerprint density at radius 1 is 0.897 bits per heavy atom. The summed E-state index contributed by atoms with van der Waals surface area (Å²) in [5.41, 5.74) is 19.9. The third-order valence-corrected chi connectivity index (χ3v) is 9.94. The minimum absolute atomic E-state index is 0.109. The minimum atomic E-state index is 0.109. The van der Waals surface area contributed by atoms with Crippen LogP contribution in [0.25, 0.3) is 0 Å². The van der Waals surface area contributed by atoms with Gasteiger partial charge in [0.25, 0.3) is 0 Å². The molecule has 0 unspecified atom stereocenters. The second-order valence-electron chi connectivity index (χ2n) is 8.47. The van der Waals surface area contributed by atoms with Crippen molar-refractivity contribution in [3.05, 3.63) is 82.0 Å². The van der Waals surface area contributed by atoms with Crippen LogP contribution in [0.5, 0.6) is 0 Å². The second-order valence-corrected chi connectivity index (χ2v) is 12.8. The van der Waals surface area contributed by atoms with Crippen LogP contribution >= 0.6 is 46.2 Å². The normalized spacial score (nSPS) is 10.9. The number of benzene rings is 2. The topological polar surface area (TPSA) is 116 Å². The molecule has 7 nitrogen and oxygen atoms in total. The standard InChI is InChI=1S/C14H18N4S2.C14H17N3S2/c1-18(2)11-6-4-10(5-7-11)16-17-14(15)12-8-9-13(19-3)20-12;1-3-9-4-6-10(7-5-9)17-11-8-12(18-2)19-13(11)14(15)16/h4-9,16H,1-3H3,(H2,15,17);4-8,17H,3H2,1-2H3,(H3,15,16). The fourth-order valence-corrected chi connectivity index (χ4v) is 6.30. The number of hydrazone groups is 1. The Morgan fingerprint density at radius 2 is 1.54 bits per heavy atom. The van der Waals surface area contributed by atoms with Gasteiger partial charge >= 0.3 is 0 Å². The van der Waals surface area contributed by atoms with Crippen molar-refractivity contribution in [3.8, 4) is 0 Å². The lowest BCUT2D eigenvalue weighted by Crippen LogP contribution is -2.13. The zero-order valence-electron chi connectivity index (χ0n) is 22.7. The van der Waals surface area contributed by atoms with E-state index in [2.05, 4.69) is 58.0 Å². The third kappa shape index (κ3) is 8.96. The van der Waals surface area contributed by atoms with Gasteiger partial charge in [-0.2, -0.15) is 5.10 Å². The second kappa shape index (κ2) is 14.9. The highest BCUT2D eigenvalue weighted by atomic mass is 32.2. The van der Waals surface area contributed by atoms with Gasteiger partial charge < -0.3 is 21.7 Å². The molecule has 4 aromatic rings. The van der Waals surface area contributed by atoms with E-state index < -0.39 is 0 Å². The molecule has 0 fully saturated rings. The van der Waals surface area contributed by atoms with Crippen LogP contribution in [-0.4, -0.2) is 38.3 Å². The molecule has 0 atom stereocenters. The highest BCUT2D eigenvalue weighted by Crippen LogP contribution is 2.34. The number of nitrogens with one attached hydrogen (secondary N) is 3. The van der Waals surface area contributed by atoms with Crippen molar-refractivity contribution >= 4 is 80.6 Å². The van der Waals surface area contributed by atoms with Crippen LogP contribution < -0.4 is 27.1 Å². The smallest absolute Gasteiger partial charge is 0.161 e. The van der Waals surface area contributed by atoms with E-state index in [-0.39, 0.29) is 5.84 Å². The maximum absolute atomic E-state index is 7.63. The summed E-state index contributed by atoms with van der Waals surface area (Å²) >= 11 is 6.56. The van der Waals surface area contributed by atoms with Gasteiger partial charge in [0.2, 0.25) is 0 Å². The van der Waals surface area contributed by atoms with Crippen LogP contribution in [0, 0.1) is 5.41 Å². The zero-order chi connectivity index (χ0) is 28.4. The third-order valence-electron chi connectivity index (χ3n) is 5.52. The monoisotopic (exact) mass is 597 g/mol. The number of rotatable bonds is 10. The molecule has 2 aromatic carbocycles. The van der Waals surface area contributed by atoms with E-state index >= 15 is 0 Å². The van der Waals surface area contributed by atoms with E-state index in [1.54, 1.807) is 46.2 Å². The molecule has 0 radical (unpaired) electrons. The Bertz CT molecular complexity index is 1370. The molecule has 0 aliphatic heterocycles. The maximum Gasteiger partial charge on any atom is 0.161 e. The summed E-state index contributed by atoms with van der Waals surface area (Å²) in [4.78, 5) is 3.83. The van der Waals surface area contributed by atoms with Crippen molar-refractivity contribution in [2.45, 2.75) is 21.8 Å². The Labute approximate surface area is 247 Å². The molecule has 0 amide bonds. The van der Waals surface area contributed by atoms with Crippen LogP contribution in [0.3, 0.4) is 0 Å². The molecule has 11 heteroatoms. The molecule has 2 aromatic heterocycles. The van der Waals surface area contributed by atoms with E-state index in [1.165, 1.54) is 9.77 Å². The first kappa shape index (κ1) is 30.4. The molecule has 0 aliphatic carbocycles. The van der Waals surface area contributed by atoms with Crippen LogP contribution in [-0.2, 0) is 6.42 Å². The number of amidine groups is 2. The first-order valence-electron chi connectivity index (χ1n) is 12.1. The molecule has 0 saturated carbocycles. The van der Waals surface area contributed by atoms with Crippen molar-refractivity contribution in [1.29, 1.82) is 5.41 Å². The highest BCUT2D eigenvalue weighted by molar-refractivity contribution is 8.00. The van der Waals surface area contributed by atoms with Gasteiger partial charge in [0.15, 0.2) is 5.84 Å². The highest BCUT2D eigenvalue weighted by Gasteiger charge is 2.11. The van der Waals surface area contributed by atoms with Crippen molar-refractivity contribution in [2.24, 2.45) is 16.6 Å². The molecule has 0 bridgehead atoms. The maximum atomic E-state index is 7.63.